The molecule has 0 saturated heterocycles. The van der Waals surface area contributed by atoms with E-state index in [1.54, 1.807) is 0 Å². The summed E-state index contributed by atoms with van der Waals surface area (Å²) in [6, 6.07) is 8.41. The van der Waals surface area contributed by atoms with E-state index in [9.17, 15) is 0 Å². The number of hydrogen-bond donors (Lipinski definition) is 0. The van der Waals surface area contributed by atoms with Gasteiger partial charge in [0.1, 0.15) is 0 Å². The van der Waals surface area contributed by atoms with E-state index in [1.807, 2.05) is 0 Å². The largest absolute Gasteiger partial charge is 0.369 e. The first-order valence-electron chi connectivity index (χ1n) is 6.98. The van der Waals surface area contributed by atoms with Crippen LogP contribution >= 0.6 is 38.5 Å². The second kappa shape index (κ2) is 6.90. The van der Waals surface area contributed by atoms with E-state index in [0.717, 1.165) is 8.90 Å². The molecule has 1 saturated carbocycles. The molecule has 2 rings (SSSR count). The van der Waals surface area contributed by atoms with Crippen LogP contribution in [0.25, 0.3) is 0 Å². The van der Waals surface area contributed by atoms with Crippen molar-refractivity contribution in [3.63, 3.8) is 0 Å². The normalized spacial score (nSPS) is 21.3. The highest BCUT2D eigenvalue weighted by molar-refractivity contribution is 14.1. The molecule has 0 aromatic heterocycles. The van der Waals surface area contributed by atoms with Crippen molar-refractivity contribution in [3.8, 4) is 0 Å². The highest BCUT2D eigenvalue weighted by atomic mass is 127. The van der Waals surface area contributed by atoms with Gasteiger partial charge in [0.15, 0.2) is 0 Å². The number of hydrogen-bond acceptors (Lipinski definition) is 1. The summed E-state index contributed by atoms with van der Waals surface area (Å²) in [5.41, 5.74) is 1.79. The minimum absolute atomic E-state index is 0.211. The molecule has 0 radical (unpaired) electrons. The zero-order valence-corrected chi connectivity index (χ0v) is 15.4. The molecule has 0 aliphatic heterocycles. The van der Waals surface area contributed by atoms with Crippen LogP contribution < -0.4 is 0 Å². The van der Waals surface area contributed by atoms with E-state index in [-0.39, 0.29) is 6.10 Å². The van der Waals surface area contributed by atoms with Crippen LogP contribution in [-0.4, -0.2) is 10.5 Å². The summed E-state index contributed by atoms with van der Waals surface area (Å²) in [5, 5.41) is 0. The highest BCUT2D eigenvalue weighted by Crippen LogP contribution is 2.38. The summed E-state index contributed by atoms with van der Waals surface area (Å²) in [5.74, 6) is 0. The number of ether oxygens (including phenoxy) is 1. The van der Waals surface area contributed by atoms with Gasteiger partial charge in [-0.25, -0.2) is 0 Å². The van der Waals surface area contributed by atoms with Gasteiger partial charge < -0.3 is 4.74 Å². The molecule has 1 aromatic carbocycles. The summed E-state index contributed by atoms with van der Waals surface area (Å²) in [6.45, 7) is 4.74. The summed E-state index contributed by atoms with van der Waals surface area (Å²) >= 11 is 6.06. The molecular formula is C16H22BrIO. The van der Waals surface area contributed by atoms with Gasteiger partial charge in [0.05, 0.1) is 12.2 Å². The van der Waals surface area contributed by atoms with E-state index in [2.05, 4.69) is 76.6 Å². The summed E-state index contributed by atoms with van der Waals surface area (Å²) < 4.78 is 8.52. The van der Waals surface area contributed by atoms with Crippen molar-refractivity contribution < 1.29 is 4.74 Å². The zero-order chi connectivity index (χ0) is 13.9. The molecule has 0 N–H and O–H groups in total. The minimum Gasteiger partial charge on any atom is -0.369 e. The summed E-state index contributed by atoms with van der Waals surface area (Å²) in [7, 11) is 0. The molecular weight excluding hydrogens is 415 g/mol. The topological polar surface area (TPSA) is 9.23 Å². The van der Waals surface area contributed by atoms with Gasteiger partial charge in [-0.3, -0.25) is 0 Å². The molecule has 1 unspecified atom stereocenters. The van der Waals surface area contributed by atoms with E-state index in [1.165, 1.54) is 31.2 Å². The van der Waals surface area contributed by atoms with Crippen LogP contribution in [-0.2, 0) is 4.74 Å². The minimum atomic E-state index is 0.211. The molecule has 0 amide bonds. The standard InChI is InChI=1S/C16H22BrIO/c1-16(2)9-7-12(8-10-16)19-15(11-18)13-5-3-4-6-14(13)17/h3-6,12,15H,7-11H2,1-2H3. The fraction of sp³-hybridized carbons (Fsp3) is 0.625. The maximum absolute atomic E-state index is 6.36. The van der Waals surface area contributed by atoms with Crippen molar-refractivity contribution in [3.05, 3.63) is 34.3 Å². The van der Waals surface area contributed by atoms with Gasteiger partial charge in [0.25, 0.3) is 0 Å². The molecule has 1 atom stereocenters. The lowest BCUT2D eigenvalue weighted by Crippen LogP contribution is -2.28. The monoisotopic (exact) mass is 436 g/mol. The summed E-state index contributed by atoms with van der Waals surface area (Å²) in [4.78, 5) is 0. The Morgan fingerprint density at radius 2 is 1.95 bits per heavy atom. The lowest BCUT2D eigenvalue weighted by molar-refractivity contribution is -0.0359. The van der Waals surface area contributed by atoms with Crippen LogP contribution in [0.15, 0.2) is 28.7 Å². The van der Waals surface area contributed by atoms with Crippen molar-refractivity contribution >= 4 is 38.5 Å². The van der Waals surface area contributed by atoms with Crippen molar-refractivity contribution in [1.82, 2.24) is 0 Å². The van der Waals surface area contributed by atoms with Crippen LogP contribution in [0, 0.1) is 5.41 Å². The molecule has 0 bridgehead atoms. The van der Waals surface area contributed by atoms with Gasteiger partial charge in [-0.15, -0.1) is 0 Å². The second-order valence-corrected chi connectivity index (χ2v) is 7.90. The summed E-state index contributed by atoms with van der Waals surface area (Å²) in [6.07, 6.45) is 5.60. The lowest BCUT2D eigenvalue weighted by Gasteiger charge is -2.35. The first-order valence-corrected chi connectivity index (χ1v) is 9.29. The highest BCUT2D eigenvalue weighted by Gasteiger charge is 2.29. The van der Waals surface area contributed by atoms with Crippen molar-refractivity contribution in [2.45, 2.75) is 51.7 Å². The third-order valence-electron chi connectivity index (χ3n) is 4.04. The van der Waals surface area contributed by atoms with Gasteiger partial charge in [-0.1, -0.05) is 70.6 Å². The molecule has 0 heterocycles. The first kappa shape index (κ1) is 15.8. The maximum Gasteiger partial charge on any atom is 0.0928 e. The van der Waals surface area contributed by atoms with Gasteiger partial charge in [0.2, 0.25) is 0 Å². The zero-order valence-electron chi connectivity index (χ0n) is 11.7. The van der Waals surface area contributed by atoms with Crippen molar-refractivity contribution in [1.29, 1.82) is 0 Å². The average molecular weight is 437 g/mol. The van der Waals surface area contributed by atoms with Gasteiger partial charge >= 0.3 is 0 Å². The Morgan fingerprint density at radius 3 is 2.53 bits per heavy atom. The fourth-order valence-corrected chi connectivity index (χ4v) is 3.89. The number of halogens is 2. The van der Waals surface area contributed by atoms with Crippen LogP contribution in [0.3, 0.4) is 0 Å². The van der Waals surface area contributed by atoms with Crippen molar-refractivity contribution in [2.24, 2.45) is 5.41 Å². The fourth-order valence-electron chi connectivity index (χ4n) is 2.67. The Hall–Kier alpha value is 0.390. The number of alkyl halides is 1. The number of benzene rings is 1. The van der Waals surface area contributed by atoms with Crippen LogP contribution in [0.5, 0.6) is 0 Å². The smallest absolute Gasteiger partial charge is 0.0928 e. The average Bonchev–Trinajstić information content (AvgIpc) is 2.39. The first-order chi connectivity index (χ1) is 9.02. The van der Waals surface area contributed by atoms with E-state index in [0.29, 0.717) is 11.5 Å². The third kappa shape index (κ3) is 4.43. The van der Waals surface area contributed by atoms with Crippen LogP contribution in [0.2, 0.25) is 0 Å². The maximum atomic E-state index is 6.36. The predicted molar refractivity (Wildman–Crippen MR) is 92.9 cm³/mol. The number of rotatable bonds is 4. The Balaban J connectivity index is 1.99. The second-order valence-electron chi connectivity index (χ2n) is 6.16. The predicted octanol–water partition coefficient (Wildman–Crippen LogP) is 5.91. The molecule has 106 valence electrons. The Labute approximate surface area is 138 Å². The molecule has 1 aromatic rings. The van der Waals surface area contributed by atoms with Gasteiger partial charge in [-0.05, 0) is 42.7 Å². The Kier molecular flexibility index (Phi) is 5.73. The molecule has 3 heteroatoms. The quantitative estimate of drug-likeness (QED) is 0.421. The van der Waals surface area contributed by atoms with Gasteiger partial charge in [-0.2, -0.15) is 0 Å². The molecule has 0 spiro atoms. The van der Waals surface area contributed by atoms with E-state index < -0.39 is 0 Å². The van der Waals surface area contributed by atoms with E-state index >= 15 is 0 Å². The van der Waals surface area contributed by atoms with Gasteiger partial charge in [0, 0.05) is 8.90 Å². The van der Waals surface area contributed by atoms with Crippen LogP contribution in [0.1, 0.15) is 51.2 Å². The lowest BCUT2D eigenvalue weighted by atomic mass is 9.76. The van der Waals surface area contributed by atoms with Crippen molar-refractivity contribution in [2.75, 3.05) is 4.43 Å². The molecule has 1 aliphatic rings. The Morgan fingerprint density at radius 1 is 1.32 bits per heavy atom. The SMILES string of the molecule is CC1(C)CCC(OC(CI)c2ccccc2Br)CC1. The Bertz CT molecular complexity index is 409. The third-order valence-corrected chi connectivity index (χ3v) is 5.56. The molecule has 19 heavy (non-hydrogen) atoms. The molecule has 1 fully saturated rings. The molecule has 1 nitrogen and oxygen atoms in total. The van der Waals surface area contributed by atoms with E-state index in [4.69, 9.17) is 4.74 Å². The molecule has 1 aliphatic carbocycles. The van der Waals surface area contributed by atoms with Crippen LogP contribution in [0.4, 0.5) is 0 Å².